The fraction of sp³-hybridized carbons (Fsp3) is 0.308. The maximum Gasteiger partial charge on any atom is 0.307 e. The molecule has 0 saturated heterocycles. The number of carbonyl (C=O) groups is 1. The highest BCUT2D eigenvalue weighted by atomic mass is 79.9. The highest BCUT2D eigenvalue weighted by Crippen LogP contribution is 2.27. The first-order valence-corrected chi connectivity index (χ1v) is 6.10. The third kappa shape index (κ3) is 3.81. The number of hydrogen-bond acceptors (Lipinski definition) is 1. The van der Waals surface area contributed by atoms with Crippen LogP contribution in [0.15, 0.2) is 34.8 Å². The van der Waals surface area contributed by atoms with E-state index in [9.17, 15) is 4.79 Å². The second-order valence-corrected chi connectivity index (χ2v) is 4.41. The van der Waals surface area contributed by atoms with E-state index in [-0.39, 0.29) is 6.42 Å². The lowest BCUT2D eigenvalue weighted by Gasteiger charge is -2.08. The second-order valence-electron chi connectivity index (χ2n) is 3.56. The molecule has 0 aliphatic carbocycles. The first-order valence-electron chi connectivity index (χ1n) is 5.31. The van der Waals surface area contributed by atoms with E-state index in [0.29, 0.717) is 0 Å². The van der Waals surface area contributed by atoms with Gasteiger partial charge in [-0.2, -0.15) is 0 Å². The summed E-state index contributed by atoms with van der Waals surface area (Å²) in [6.07, 6.45) is 3.78. The Balaban J connectivity index is 2.98. The summed E-state index contributed by atoms with van der Waals surface area (Å²) in [6.45, 7) is 2.09. The fourth-order valence-corrected chi connectivity index (χ4v) is 2.09. The van der Waals surface area contributed by atoms with E-state index < -0.39 is 5.97 Å². The van der Waals surface area contributed by atoms with Crippen molar-refractivity contribution in [3.05, 3.63) is 40.4 Å². The van der Waals surface area contributed by atoms with Crippen molar-refractivity contribution in [2.75, 3.05) is 0 Å². The van der Waals surface area contributed by atoms with Gasteiger partial charge in [-0.15, -0.1) is 0 Å². The molecule has 16 heavy (non-hydrogen) atoms. The number of rotatable bonds is 5. The minimum Gasteiger partial charge on any atom is -0.481 e. The van der Waals surface area contributed by atoms with Crippen molar-refractivity contribution in [3.63, 3.8) is 0 Å². The van der Waals surface area contributed by atoms with Crippen LogP contribution >= 0.6 is 15.9 Å². The molecule has 0 aliphatic heterocycles. The molecule has 1 rings (SSSR count). The van der Waals surface area contributed by atoms with E-state index in [1.165, 1.54) is 0 Å². The van der Waals surface area contributed by atoms with Crippen LogP contribution in [-0.4, -0.2) is 11.1 Å². The Hall–Kier alpha value is -1.09. The normalized spacial score (nSPS) is 11.5. The molecule has 86 valence electrons. The van der Waals surface area contributed by atoms with Crippen LogP contribution in [0.4, 0.5) is 0 Å². The zero-order valence-corrected chi connectivity index (χ0v) is 10.8. The number of benzene rings is 1. The van der Waals surface area contributed by atoms with Crippen molar-refractivity contribution < 1.29 is 9.90 Å². The molecule has 0 aromatic heterocycles. The molecule has 0 radical (unpaired) electrons. The van der Waals surface area contributed by atoms with Crippen LogP contribution in [0, 0.1) is 0 Å². The van der Waals surface area contributed by atoms with Gasteiger partial charge in [0.2, 0.25) is 0 Å². The Labute approximate surface area is 104 Å². The van der Waals surface area contributed by atoms with Crippen LogP contribution in [0.2, 0.25) is 0 Å². The molecular weight excluding hydrogens is 268 g/mol. The van der Waals surface area contributed by atoms with Crippen molar-refractivity contribution >= 4 is 27.5 Å². The van der Waals surface area contributed by atoms with Crippen LogP contribution in [0.5, 0.6) is 0 Å². The molecule has 0 saturated carbocycles. The molecule has 0 unspecified atom stereocenters. The van der Waals surface area contributed by atoms with Gasteiger partial charge < -0.3 is 5.11 Å². The van der Waals surface area contributed by atoms with Crippen LogP contribution in [0.3, 0.4) is 0 Å². The number of hydrogen-bond donors (Lipinski definition) is 1. The number of halogens is 1. The molecule has 0 fully saturated rings. The summed E-state index contributed by atoms with van der Waals surface area (Å²) >= 11 is 3.49. The van der Waals surface area contributed by atoms with Gasteiger partial charge in [0.15, 0.2) is 0 Å². The van der Waals surface area contributed by atoms with E-state index >= 15 is 0 Å². The summed E-state index contributed by atoms with van der Waals surface area (Å²) in [7, 11) is 0. The minimum atomic E-state index is -0.791. The summed E-state index contributed by atoms with van der Waals surface area (Å²) < 4.78 is 1.01. The maximum absolute atomic E-state index is 10.6. The van der Waals surface area contributed by atoms with Gasteiger partial charge in [0.1, 0.15) is 0 Å². The van der Waals surface area contributed by atoms with E-state index in [1.807, 2.05) is 24.3 Å². The third-order valence-electron chi connectivity index (χ3n) is 2.26. The van der Waals surface area contributed by atoms with Gasteiger partial charge >= 0.3 is 5.97 Å². The van der Waals surface area contributed by atoms with Gasteiger partial charge in [0.25, 0.3) is 0 Å². The first kappa shape index (κ1) is 13.0. The van der Waals surface area contributed by atoms with E-state index in [1.54, 1.807) is 6.08 Å². The van der Waals surface area contributed by atoms with Crippen molar-refractivity contribution in [2.24, 2.45) is 0 Å². The molecule has 3 heteroatoms. The third-order valence-corrected chi connectivity index (χ3v) is 2.95. The Morgan fingerprint density at radius 1 is 1.44 bits per heavy atom. The monoisotopic (exact) mass is 282 g/mol. The van der Waals surface area contributed by atoms with Crippen LogP contribution in [0.25, 0.3) is 5.57 Å². The highest BCUT2D eigenvalue weighted by Gasteiger charge is 2.05. The van der Waals surface area contributed by atoms with Crippen LogP contribution in [0.1, 0.15) is 31.7 Å². The Morgan fingerprint density at radius 3 is 2.69 bits per heavy atom. The Morgan fingerprint density at radius 2 is 2.12 bits per heavy atom. The lowest BCUT2D eigenvalue weighted by molar-refractivity contribution is -0.135. The fourth-order valence-electron chi connectivity index (χ4n) is 1.55. The largest absolute Gasteiger partial charge is 0.481 e. The zero-order chi connectivity index (χ0) is 12.0. The quantitative estimate of drug-likeness (QED) is 0.883. The van der Waals surface area contributed by atoms with E-state index in [4.69, 9.17) is 5.11 Å². The summed E-state index contributed by atoms with van der Waals surface area (Å²) in [4.78, 5) is 10.6. The Kier molecular flexibility index (Phi) is 5.26. The first-order chi connectivity index (χ1) is 7.65. The van der Waals surface area contributed by atoms with Gasteiger partial charge in [-0.1, -0.05) is 53.5 Å². The topological polar surface area (TPSA) is 37.3 Å². The van der Waals surface area contributed by atoms with Gasteiger partial charge in [0.05, 0.1) is 6.42 Å². The molecule has 1 aromatic carbocycles. The molecule has 0 spiro atoms. The lowest BCUT2D eigenvalue weighted by Crippen LogP contribution is -1.93. The number of allylic oxidation sites excluding steroid dienone is 1. The summed E-state index contributed by atoms with van der Waals surface area (Å²) in [5.74, 6) is -0.791. The van der Waals surface area contributed by atoms with E-state index in [0.717, 1.165) is 28.5 Å². The number of carboxylic acid groups (broad SMARTS) is 1. The molecule has 0 bridgehead atoms. The van der Waals surface area contributed by atoms with Crippen molar-refractivity contribution in [1.82, 2.24) is 0 Å². The second kappa shape index (κ2) is 6.48. The predicted octanol–water partition coefficient (Wildman–Crippen LogP) is 4.11. The average Bonchev–Trinajstić information content (AvgIpc) is 2.25. The SMILES string of the molecule is CCC/C(=C\CC(=O)O)c1ccccc1Br. The zero-order valence-electron chi connectivity index (χ0n) is 9.24. The molecule has 1 N–H and O–H groups in total. The molecule has 0 amide bonds. The van der Waals surface area contributed by atoms with Crippen LogP contribution in [-0.2, 0) is 4.79 Å². The number of carboxylic acids is 1. The summed E-state index contributed by atoms with van der Waals surface area (Å²) in [6, 6.07) is 7.89. The van der Waals surface area contributed by atoms with Gasteiger partial charge in [-0.3, -0.25) is 4.79 Å². The summed E-state index contributed by atoms with van der Waals surface area (Å²) in [5.41, 5.74) is 2.18. The average molecular weight is 283 g/mol. The van der Waals surface area contributed by atoms with Crippen LogP contribution < -0.4 is 0 Å². The van der Waals surface area contributed by atoms with Gasteiger partial charge in [0, 0.05) is 4.47 Å². The standard InChI is InChI=1S/C13H15BrO2/c1-2-5-10(8-9-13(15)16)11-6-3-4-7-12(11)14/h3-4,6-8H,2,5,9H2,1H3,(H,15,16)/b10-8+. The molecule has 2 nitrogen and oxygen atoms in total. The maximum atomic E-state index is 10.6. The smallest absolute Gasteiger partial charge is 0.307 e. The molecule has 1 aromatic rings. The van der Waals surface area contributed by atoms with Crippen molar-refractivity contribution in [2.45, 2.75) is 26.2 Å². The summed E-state index contributed by atoms with van der Waals surface area (Å²) in [5, 5.41) is 8.69. The van der Waals surface area contributed by atoms with Crippen molar-refractivity contribution in [3.8, 4) is 0 Å². The predicted molar refractivity (Wildman–Crippen MR) is 69.3 cm³/mol. The Bertz CT molecular complexity index is 397. The lowest BCUT2D eigenvalue weighted by atomic mass is 10.0. The highest BCUT2D eigenvalue weighted by molar-refractivity contribution is 9.10. The van der Waals surface area contributed by atoms with E-state index in [2.05, 4.69) is 22.9 Å². The molecule has 0 heterocycles. The molecular formula is C13H15BrO2. The minimum absolute atomic E-state index is 0.0800. The molecule has 0 atom stereocenters. The number of aliphatic carboxylic acids is 1. The van der Waals surface area contributed by atoms with Gasteiger partial charge in [-0.05, 0) is 23.6 Å². The van der Waals surface area contributed by atoms with Gasteiger partial charge in [-0.25, -0.2) is 0 Å². The van der Waals surface area contributed by atoms with Crippen molar-refractivity contribution in [1.29, 1.82) is 0 Å². The molecule has 0 aliphatic rings.